The van der Waals surface area contributed by atoms with E-state index in [1.165, 1.54) is 10.4 Å². The molecule has 1 unspecified atom stereocenters. The molecule has 2 rings (SSSR count). The molecule has 1 nitrogen and oxygen atoms in total. The molecule has 0 N–H and O–H groups in total. The van der Waals surface area contributed by atoms with Crippen molar-refractivity contribution in [1.82, 2.24) is 0 Å². The lowest BCUT2D eigenvalue weighted by Gasteiger charge is -2.08. The third-order valence-corrected chi connectivity index (χ3v) is 4.21. The van der Waals surface area contributed by atoms with E-state index < -0.39 is 0 Å². The second kappa shape index (κ2) is 6.20. The molecule has 0 saturated heterocycles. The van der Waals surface area contributed by atoms with Crippen molar-refractivity contribution < 1.29 is 4.74 Å². The first-order valence-electron chi connectivity index (χ1n) is 5.56. The molecular formula is C14H15ClOS. The minimum atomic E-state index is -0.0357. The number of ether oxygens (including phenoxy) is 1. The Hall–Kier alpha value is -0.830. The maximum atomic E-state index is 6.42. The molecule has 0 aliphatic heterocycles. The molecule has 90 valence electrons. The van der Waals surface area contributed by atoms with E-state index in [0.29, 0.717) is 0 Å². The molecule has 2 aromatic rings. The van der Waals surface area contributed by atoms with Crippen LogP contribution >= 0.6 is 22.9 Å². The first-order valence-corrected chi connectivity index (χ1v) is 6.88. The van der Waals surface area contributed by atoms with E-state index in [2.05, 4.69) is 35.7 Å². The van der Waals surface area contributed by atoms with Gasteiger partial charge in [0.25, 0.3) is 0 Å². The summed E-state index contributed by atoms with van der Waals surface area (Å²) in [5.41, 5.74) is 2.43. The third-order valence-electron chi connectivity index (χ3n) is 2.66. The van der Waals surface area contributed by atoms with E-state index in [1.807, 2.05) is 6.07 Å². The van der Waals surface area contributed by atoms with E-state index in [0.717, 1.165) is 18.6 Å². The topological polar surface area (TPSA) is 9.23 Å². The number of methoxy groups -OCH3 is 1. The highest BCUT2D eigenvalue weighted by Gasteiger charge is 2.11. The molecule has 0 fully saturated rings. The fourth-order valence-electron chi connectivity index (χ4n) is 1.67. The lowest BCUT2D eigenvalue weighted by molar-refractivity contribution is 0.202. The van der Waals surface area contributed by atoms with Crippen LogP contribution in [0.2, 0.25) is 0 Å². The molecule has 1 aromatic carbocycles. The Morgan fingerprint density at radius 3 is 2.59 bits per heavy atom. The SMILES string of the molecule is COCCc1ccc(C(Cl)c2cccs2)cc1. The van der Waals surface area contributed by atoms with Gasteiger partial charge in [0.15, 0.2) is 0 Å². The van der Waals surface area contributed by atoms with Crippen LogP contribution in [0, 0.1) is 0 Å². The first kappa shape index (κ1) is 12.6. The predicted octanol–water partition coefficient (Wildman–Crippen LogP) is 4.27. The molecule has 1 aromatic heterocycles. The average Bonchev–Trinajstić information content (AvgIpc) is 2.90. The van der Waals surface area contributed by atoms with Gasteiger partial charge >= 0.3 is 0 Å². The largest absolute Gasteiger partial charge is 0.384 e. The van der Waals surface area contributed by atoms with Gasteiger partial charge in [0.2, 0.25) is 0 Å². The summed E-state index contributed by atoms with van der Waals surface area (Å²) >= 11 is 8.11. The van der Waals surface area contributed by atoms with Gasteiger partial charge in [-0.15, -0.1) is 22.9 Å². The van der Waals surface area contributed by atoms with Crippen LogP contribution in [0.15, 0.2) is 41.8 Å². The van der Waals surface area contributed by atoms with Gasteiger partial charge in [-0.1, -0.05) is 30.3 Å². The molecule has 0 amide bonds. The molecule has 0 bridgehead atoms. The Kier molecular flexibility index (Phi) is 4.60. The number of alkyl halides is 1. The molecule has 1 atom stereocenters. The summed E-state index contributed by atoms with van der Waals surface area (Å²) in [6, 6.07) is 12.5. The van der Waals surface area contributed by atoms with Crippen LogP contribution in [0.5, 0.6) is 0 Å². The Morgan fingerprint density at radius 1 is 1.24 bits per heavy atom. The van der Waals surface area contributed by atoms with E-state index in [4.69, 9.17) is 16.3 Å². The maximum absolute atomic E-state index is 6.42. The summed E-state index contributed by atoms with van der Waals surface area (Å²) < 4.78 is 5.06. The van der Waals surface area contributed by atoms with Crippen molar-refractivity contribution in [2.24, 2.45) is 0 Å². The van der Waals surface area contributed by atoms with Crippen LogP contribution in [0.1, 0.15) is 21.4 Å². The predicted molar refractivity (Wildman–Crippen MR) is 74.0 cm³/mol. The van der Waals surface area contributed by atoms with Gasteiger partial charge in [-0.2, -0.15) is 0 Å². The van der Waals surface area contributed by atoms with Crippen LogP contribution in [0.3, 0.4) is 0 Å². The van der Waals surface area contributed by atoms with Crippen molar-refractivity contribution in [2.45, 2.75) is 11.8 Å². The molecule has 17 heavy (non-hydrogen) atoms. The summed E-state index contributed by atoms with van der Waals surface area (Å²) in [5.74, 6) is 0. The lowest BCUT2D eigenvalue weighted by Crippen LogP contribution is -1.95. The Bertz CT molecular complexity index is 436. The quantitative estimate of drug-likeness (QED) is 0.735. The van der Waals surface area contributed by atoms with Gasteiger partial charge in [-0.05, 0) is 29.0 Å². The van der Waals surface area contributed by atoms with Crippen molar-refractivity contribution in [3.05, 3.63) is 57.8 Å². The molecule has 3 heteroatoms. The van der Waals surface area contributed by atoms with Crippen LogP contribution in [-0.4, -0.2) is 13.7 Å². The highest BCUT2D eigenvalue weighted by atomic mass is 35.5. The number of rotatable bonds is 5. The second-order valence-corrected chi connectivity index (χ2v) is 5.28. The van der Waals surface area contributed by atoms with Crippen LogP contribution < -0.4 is 0 Å². The number of halogens is 1. The van der Waals surface area contributed by atoms with Gasteiger partial charge in [0.1, 0.15) is 0 Å². The highest BCUT2D eigenvalue weighted by Crippen LogP contribution is 2.31. The summed E-state index contributed by atoms with van der Waals surface area (Å²) in [6.45, 7) is 0.759. The number of benzene rings is 1. The van der Waals surface area contributed by atoms with Gasteiger partial charge in [0.05, 0.1) is 12.0 Å². The molecule has 0 aliphatic rings. The Morgan fingerprint density at radius 2 is 2.00 bits per heavy atom. The first-order chi connectivity index (χ1) is 8.31. The fourth-order valence-corrected chi connectivity index (χ4v) is 2.77. The zero-order chi connectivity index (χ0) is 12.1. The monoisotopic (exact) mass is 266 g/mol. The maximum Gasteiger partial charge on any atom is 0.0927 e. The number of hydrogen-bond donors (Lipinski definition) is 0. The Balaban J connectivity index is 2.07. The highest BCUT2D eigenvalue weighted by molar-refractivity contribution is 7.10. The summed E-state index contributed by atoms with van der Waals surface area (Å²) in [5, 5.41) is 2.02. The van der Waals surface area contributed by atoms with E-state index in [-0.39, 0.29) is 5.38 Å². The van der Waals surface area contributed by atoms with E-state index in [9.17, 15) is 0 Å². The summed E-state index contributed by atoms with van der Waals surface area (Å²) in [4.78, 5) is 1.19. The molecular weight excluding hydrogens is 252 g/mol. The number of hydrogen-bond acceptors (Lipinski definition) is 2. The zero-order valence-electron chi connectivity index (χ0n) is 9.73. The zero-order valence-corrected chi connectivity index (χ0v) is 11.3. The van der Waals surface area contributed by atoms with Crippen molar-refractivity contribution >= 4 is 22.9 Å². The Labute approximate surface area is 111 Å². The van der Waals surface area contributed by atoms with Gasteiger partial charge in [-0.3, -0.25) is 0 Å². The van der Waals surface area contributed by atoms with Gasteiger partial charge in [0, 0.05) is 12.0 Å². The van der Waals surface area contributed by atoms with Gasteiger partial charge < -0.3 is 4.74 Å². The minimum absolute atomic E-state index is 0.0357. The molecule has 0 spiro atoms. The number of thiophene rings is 1. The molecule has 0 aliphatic carbocycles. The van der Waals surface area contributed by atoms with Crippen molar-refractivity contribution in [2.75, 3.05) is 13.7 Å². The minimum Gasteiger partial charge on any atom is -0.384 e. The van der Waals surface area contributed by atoms with E-state index >= 15 is 0 Å². The smallest absolute Gasteiger partial charge is 0.0927 e. The second-order valence-electron chi connectivity index (χ2n) is 3.86. The van der Waals surface area contributed by atoms with Crippen molar-refractivity contribution in [1.29, 1.82) is 0 Å². The van der Waals surface area contributed by atoms with Crippen molar-refractivity contribution in [3.8, 4) is 0 Å². The normalized spacial score (nSPS) is 12.6. The summed E-state index contributed by atoms with van der Waals surface area (Å²) in [6.07, 6.45) is 0.947. The van der Waals surface area contributed by atoms with Crippen molar-refractivity contribution in [3.63, 3.8) is 0 Å². The average molecular weight is 267 g/mol. The lowest BCUT2D eigenvalue weighted by atomic mass is 10.1. The van der Waals surface area contributed by atoms with E-state index in [1.54, 1.807) is 18.4 Å². The van der Waals surface area contributed by atoms with Crippen LogP contribution in [0.25, 0.3) is 0 Å². The van der Waals surface area contributed by atoms with Gasteiger partial charge in [-0.25, -0.2) is 0 Å². The molecule has 1 heterocycles. The molecule has 0 radical (unpaired) electrons. The molecule has 0 saturated carbocycles. The standard InChI is InChI=1S/C14H15ClOS/c1-16-9-8-11-4-6-12(7-5-11)14(15)13-3-2-10-17-13/h2-7,10,14H,8-9H2,1H3. The summed E-state index contributed by atoms with van der Waals surface area (Å²) in [7, 11) is 1.72. The third kappa shape index (κ3) is 3.32. The van der Waals surface area contributed by atoms with Crippen LogP contribution in [0.4, 0.5) is 0 Å². The fraction of sp³-hybridized carbons (Fsp3) is 0.286. The van der Waals surface area contributed by atoms with Crippen LogP contribution in [-0.2, 0) is 11.2 Å².